The quantitative estimate of drug-likeness (QED) is 0.751. The first-order chi connectivity index (χ1) is 8.21. The number of rotatable bonds is 6. The fourth-order valence-corrected chi connectivity index (χ4v) is 1.27. The summed E-state index contributed by atoms with van der Waals surface area (Å²) in [6, 6.07) is 5.29. The van der Waals surface area contributed by atoms with Gasteiger partial charge in [-0.05, 0) is 12.1 Å². The molecule has 0 bridgehead atoms. The van der Waals surface area contributed by atoms with E-state index in [9.17, 15) is 0 Å². The van der Waals surface area contributed by atoms with Crippen molar-refractivity contribution < 1.29 is 9.47 Å². The second-order valence-corrected chi connectivity index (χ2v) is 3.44. The molecule has 1 atom stereocenters. The van der Waals surface area contributed by atoms with E-state index < -0.39 is 0 Å². The summed E-state index contributed by atoms with van der Waals surface area (Å²) < 4.78 is 10.2. The molecule has 92 valence electrons. The molecule has 1 aromatic rings. The largest absolute Gasteiger partial charge is 0.396 e. The summed E-state index contributed by atoms with van der Waals surface area (Å²) in [6.45, 7) is 1.04. The molecule has 1 heterocycles. The molecule has 0 aliphatic rings. The zero-order valence-corrected chi connectivity index (χ0v) is 9.93. The van der Waals surface area contributed by atoms with E-state index in [1.807, 2.05) is 6.07 Å². The van der Waals surface area contributed by atoms with Gasteiger partial charge in [0.25, 0.3) is 0 Å². The van der Waals surface area contributed by atoms with E-state index in [1.165, 1.54) is 0 Å². The summed E-state index contributed by atoms with van der Waals surface area (Å²) in [5.74, 6) is 0.592. The van der Waals surface area contributed by atoms with Gasteiger partial charge in [-0.15, -0.1) is 0 Å². The second kappa shape index (κ2) is 6.68. The Morgan fingerprint density at radius 2 is 2.29 bits per heavy atom. The minimum atomic E-state index is -0.0649. The number of hydrogen-bond acceptors (Lipinski definition) is 6. The van der Waals surface area contributed by atoms with Crippen molar-refractivity contribution in [2.45, 2.75) is 6.10 Å². The molecule has 1 rings (SSSR count). The van der Waals surface area contributed by atoms with Crippen molar-refractivity contribution in [3.05, 3.63) is 17.8 Å². The summed E-state index contributed by atoms with van der Waals surface area (Å²) in [5, 5.41) is 11.8. The van der Waals surface area contributed by atoms with Gasteiger partial charge in [-0.2, -0.15) is 5.26 Å². The first-order valence-corrected chi connectivity index (χ1v) is 5.13. The Bertz CT molecular complexity index is 403. The predicted molar refractivity (Wildman–Crippen MR) is 64.5 cm³/mol. The van der Waals surface area contributed by atoms with Crippen molar-refractivity contribution in [2.24, 2.45) is 0 Å². The van der Waals surface area contributed by atoms with Gasteiger partial charge in [0.2, 0.25) is 0 Å². The maximum Gasteiger partial charge on any atom is 0.165 e. The number of pyridine rings is 1. The van der Waals surface area contributed by atoms with Crippen molar-refractivity contribution in [3.8, 4) is 6.07 Å². The highest BCUT2D eigenvalue weighted by molar-refractivity contribution is 5.54. The summed E-state index contributed by atoms with van der Waals surface area (Å²) in [4.78, 5) is 4.06. The van der Waals surface area contributed by atoms with E-state index in [0.29, 0.717) is 24.7 Å². The number of nitrogens with zero attached hydrogens (tertiary/aromatic N) is 2. The average molecular weight is 236 g/mol. The minimum absolute atomic E-state index is 0.0649. The van der Waals surface area contributed by atoms with Gasteiger partial charge in [-0.25, -0.2) is 4.98 Å². The topological polar surface area (TPSA) is 93.2 Å². The van der Waals surface area contributed by atoms with Crippen LogP contribution in [0, 0.1) is 11.3 Å². The molecule has 6 heteroatoms. The first-order valence-electron chi connectivity index (χ1n) is 5.13. The molecular weight excluding hydrogens is 220 g/mol. The molecule has 0 saturated heterocycles. The summed E-state index contributed by atoms with van der Waals surface area (Å²) in [5.41, 5.74) is 6.16. The Morgan fingerprint density at radius 3 is 2.88 bits per heavy atom. The molecular formula is C11H16N4O2. The van der Waals surface area contributed by atoms with E-state index in [0.717, 1.165) is 0 Å². The number of methoxy groups -OCH3 is 2. The van der Waals surface area contributed by atoms with Crippen molar-refractivity contribution in [1.82, 2.24) is 4.98 Å². The third kappa shape index (κ3) is 3.90. The molecule has 1 unspecified atom stereocenters. The molecule has 0 aliphatic heterocycles. The normalized spacial score (nSPS) is 11.8. The van der Waals surface area contributed by atoms with Crippen LogP contribution in [-0.2, 0) is 9.47 Å². The van der Waals surface area contributed by atoms with Crippen LogP contribution in [-0.4, -0.2) is 38.5 Å². The molecule has 0 fully saturated rings. The second-order valence-electron chi connectivity index (χ2n) is 3.44. The van der Waals surface area contributed by atoms with E-state index in [4.69, 9.17) is 20.5 Å². The number of aromatic nitrogens is 1. The van der Waals surface area contributed by atoms with Gasteiger partial charge in [0, 0.05) is 20.8 Å². The lowest BCUT2D eigenvalue weighted by Gasteiger charge is -2.15. The number of nitrogens with two attached hydrogens (primary N) is 1. The van der Waals surface area contributed by atoms with Crippen LogP contribution >= 0.6 is 0 Å². The zero-order valence-electron chi connectivity index (χ0n) is 9.93. The van der Waals surface area contributed by atoms with Crippen LogP contribution in [0.25, 0.3) is 0 Å². The fourth-order valence-electron chi connectivity index (χ4n) is 1.27. The lowest BCUT2D eigenvalue weighted by Crippen LogP contribution is -2.26. The Balaban J connectivity index is 2.60. The maximum atomic E-state index is 8.79. The minimum Gasteiger partial charge on any atom is -0.396 e. The third-order valence-corrected chi connectivity index (χ3v) is 2.23. The molecule has 0 aromatic carbocycles. The van der Waals surface area contributed by atoms with Gasteiger partial charge in [-0.1, -0.05) is 0 Å². The molecule has 0 spiro atoms. The summed E-state index contributed by atoms with van der Waals surface area (Å²) in [7, 11) is 3.23. The number of ether oxygens (including phenoxy) is 2. The maximum absolute atomic E-state index is 8.79. The van der Waals surface area contributed by atoms with E-state index in [1.54, 1.807) is 26.4 Å². The molecule has 0 radical (unpaired) electrons. The lowest BCUT2D eigenvalue weighted by molar-refractivity contribution is 0.0365. The first kappa shape index (κ1) is 13.2. The fraction of sp³-hybridized carbons (Fsp3) is 0.455. The lowest BCUT2D eigenvalue weighted by atomic mass is 10.3. The molecule has 6 nitrogen and oxygen atoms in total. The number of nitrogen functional groups attached to an aromatic ring is 1. The summed E-state index contributed by atoms with van der Waals surface area (Å²) >= 11 is 0. The van der Waals surface area contributed by atoms with Crippen LogP contribution in [0.15, 0.2) is 12.1 Å². The number of nitrogens with one attached hydrogen (secondary N) is 1. The van der Waals surface area contributed by atoms with E-state index in [2.05, 4.69) is 10.3 Å². The van der Waals surface area contributed by atoms with Crippen molar-refractivity contribution >= 4 is 11.5 Å². The highest BCUT2D eigenvalue weighted by Gasteiger charge is 2.07. The van der Waals surface area contributed by atoms with Crippen LogP contribution < -0.4 is 11.1 Å². The van der Waals surface area contributed by atoms with Gasteiger partial charge in [0.05, 0.1) is 18.4 Å². The molecule has 0 aliphatic carbocycles. The average Bonchev–Trinajstić information content (AvgIpc) is 2.36. The molecule has 0 amide bonds. The Morgan fingerprint density at radius 1 is 1.53 bits per heavy atom. The number of nitriles is 1. The Kier molecular flexibility index (Phi) is 5.20. The van der Waals surface area contributed by atoms with Gasteiger partial charge in [0.15, 0.2) is 5.69 Å². The number of hydrogen-bond donors (Lipinski definition) is 2. The Hall–Kier alpha value is -1.84. The molecule has 0 saturated carbocycles. The summed E-state index contributed by atoms with van der Waals surface area (Å²) in [6.07, 6.45) is -0.0649. The van der Waals surface area contributed by atoms with Gasteiger partial charge in [0.1, 0.15) is 11.9 Å². The van der Waals surface area contributed by atoms with Crippen LogP contribution in [0.2, 0.25) is 0 Å². The highest BCUT2D eigenvalue weighted by Crippen LogP contribution is 2.12. The SMILES string of the molecule is COCC(CNc1ccc(N)c(C#N)n1)OC. The zero-order chi connectivity index (χ0) is 12.7. The monoisotopic (exact) mass is 236 g/mol. The van der Waals surface area contributed by atoms with Gasteiger partial charge < -0.3 is 20.5 Å². The Labute approximate surface area is 100 Å². The standard InChI is InChI=1S/C11H16N4O2/c1-16-7-8(17-2)6-14-11-4-3-9(13)10(5-12)15-11/h3-4,8H,6-7,13H2,1-2H3,(H,14,15). The van der Waals surface area contributed by atoms with Crippen LogP contribution in [0.4, 0.5) is 11.5 Å². The van der Waals surface area contributed by atoms with Crippen molar-refractivity contribution in [1.29, 1.82) is 5.26 Å². The van der Waals surface area contributed by atoms with E-state index >= 15 is 0 Å². The van der Waals surface area contributed by atoms with Crippen molar-refractivity contribution in [2.75, 3.05) is 38.4 Å². The third-order valence-electron chi connectivity index (χ3n) is 2.23. The van der Waals surface area contributed by atoms with Crippen LogP contribution in [0.5, 0.6) is 0 Å². The van der Waals surface area contributed by atoms with E-state index in [-0.39, 0.29) is 11.8 Å². The number of anilines is 2. The van der Waals surface area contributed by atoms with Crippen molar-refractivity contribution in [3.63, 3.8) is 0 Å². The smallest absolute Gasteiger partial charge is 0.165 e. The molecule has 3 N–H and O–H groups in total. The predicted octanol–water partition coefficient (Wildman–Crippen LogP) is 0.609. The van der Waals surface area contributed by atoms with Gasteiger partial charge in [-0.3, -0.25) is 0 Å². The van der Waals surface area contributed by atoms with Gasteiger partial charge >= 0.3 is 0 Å². The highest BCUT2D eigenvalue weighted by atomic mass is 16.5. The van der Waals surface area contributed by atoms with Crippen LogP contribution in [0.1, 0.15) is 5.69 Å². The van der Waals surface area contributed by atoms with Crippen LogP contribution in [0.3, 0.4) is 0 Å². The molecule has 1 aromatic heterocycles. The molecule has 17 heavy (non-hydrogen) atoms.